The number of alkyl halides is 3. The number of nitrogens with one attached hydrogen (secondary N) is 1. The molecular weight excluding hydrogens is 421 g/mol. The van der Waals surface area contributed by atoms with Crippen LogP contribution >= 0.6 is 23.2 Å². The summed E-state index contributed by atoms with van der Waals surface area (Å²) in [5.41, 5.74) is -0.0200. The molecule has 10 heteroatoms. The average Bonchev–Trinajstić information content (AvgIpc) is 2.63. The third-order valence-corrected chi connectivity index (χ3v) is 4.31. The summed E-state index contributed by atoms with van der Waals surface area (Å²) in [5.74, 6) is -0.946. The van der Waals surface area contributed by atoms with Gasteiger partial charge in [0.2, 0.25) is 0 Å². The molecule has 1 heterocycles. The van der Waals surface area contributed by atoms with E-state index in [1.54, 1.807) is 12.1 Å². The maximum absolute atomic E-state index is 13.4. The number of rotatable bonds is 4. The van der Waals surface area contributed by atoms with Crippen molar-refractivity contribution in [1.82, 2.24) is 10.2 Å². The van der Waals surface area contributed by atoms with Gasteiger partial charge in [0, 0.05) is 12.1 Å². The molecule has 0 aliphatic heterocycles. The van der Waals surface area contributed by atoms with E-state index in [1.165, 1.54) is 12.1 Å². The Hall–Kier alpha value is -2.58. The van der Waals surface area contributed by atoms with E-state index in [0.717, 1.165) is 12.1 Å². The highest BCUT2D eigenvalue weighted by Crippen LogP contribution is 2.36. The molecule has 3 aromatic rings. The molecule has 28 heavy (non-hydrogen) atoms. The topological polar surface area (TPSA) is 58.0 Å². The van der Waals surface area contributed by atoms with Crippen LogP contribution in [0.2, 0.25) is 10.0 Å². The van der Waals surface area contributed by atoms with E-state index in [-0.39, 0.29) is 33.7 Å². The Bertz CT molecular complexity index is 988. The molecule has 0 saturated heterocycles. The average molecular weight is 432 g/mol. The maximum atomic E-state index is 13.4. The van der Waals surface area contributed by atoms with Crippen LogP contribution in [-0.2, 0) is 12.7 Å². The molecule has 0 aliphatic carbocycles. The van der Waals surface area contributed by atoms with Gasteiger partial charge in [0.15, 0.2) is 5.75 Å². The van der Waals surface area contributed by atoms with Crippen LogP contribution in [0.3, 0.4) is 0 Å². The van der Waals surface area contributed by atoms with Gasteiger partial charge in [-0.2, -0.15) is 13.2 Å². The SMILES string of the molecule is Oc1c(Cl)cc(-c2ccc(NCc3cc(F)cc(C(F)(F)F)c3)nn2)cc1Cl. The third kappa shape index (κ3) is 4.63. The van der Waals surface area contributed by atoms with Gasteiger partial charge in [0.25, 0.3) is 0 Å². The Labute approximate surface area is 166 Å². The first-order valence-corrected chi connectivity index (χ1v) is 8.52. The molecule has 0 radical (unpaired) electrons. The minimum absolute atomic E-state index is 0.0538. The molecule has 4 nitrogen and oxygen atoms in total. The summed E-state index contributed by atoms with van der Waals surface area (Å²) < 4.78 is 51.7. The smallest absolute Gasteiger partial charge is 0.416 e. The molecule has 0 atom stereocenters. The molecule has 0 spiro atoms. The number of hydrogen-bond donors (Lipinski definition) is 2. The number of halogens is 6. The van der Waals surface area contributed by atoms with Crippen molar-refractivity contribution in [2.45, 2.75) is 12.7 Å². The predicted molar refractivity (Wildman–Crippen MR) is 97.9 cm³/mol. The Kier molecular flexibility index (Phi) is 5.62. The number of phenols is 1. The number of anilines is 1. The van der Waals surface area contributed by atoms with E-state index < -0.39 is 17.6 Å². The van der Waals surface area contributed by atoms with Crippen molar-refractivity contribution in [3.8, 4) is 17.0 Å². The van der Waals surface area contributed by atoms with Gasteiger partial charge < -0.3 is 10.4 Å². The number of phenolic OH excluding ortho intramolecular Hbond substituents is 1. The van der Waals surface area contributed by atoms with E-state index in [1.807, 2.05) is 0 Å². The number of aromatic nitrogens is 2. The molecule has 0 amide bonds. The van der Waals surface area contributed by atoms with Crippen molar-refractivity contribution in [3.63, 3.8) is 0 Å². The minimum atomic E-state index is -4.63. The Morgan fingerprint density at radius 3 is 2.21 bits per heavy atom. The van der Waals surface area contributed by atoms with Crippen molar-refractivity contribution in [2.75, 3.05) is 5.32 Å². The molecule has 1 aromatic heterocycles. The molecule has 0 saturated carbocycles. The van der Waals surface area contributed by atoms with E-state index in [2.05, 4.69) is 15.5 Å². The number of benzene rings is 2. The van der Waals surface area contributed by atoms with E-state index in [4.69, 9.17) is 23.2 Å². The first-order valence-electron chi connectivity index (χ1n) is 7.76. The van der Waals surface area contributed by atoms with E-state index in [0.29, 0.717) is 17.3 Å². The summed E-state index contributed by atoms with van der Waals surface area (Å²) in [6.07, 6.45) is -4.63. The molecule has 146 valence electrons. The molecule has 0 bridgehead atoms. The van der Waals surface area contributed by atoms with Crippen LogP contribution in [0.25, 0.3) is 11.3 Å². The van der Waals surface area contributed by atoms with Crippen molar-refractivity contribution in [3.05, 3.63) is 69.5 Å². The number of nitrogens with zero attached hydrogens (tertiary/aromatic N) is 2. The molecule has 0 aliphatic rings. The summed E-state index contributed by atoms with van der Waals surface area (Å²) >= 11 is 11.7. The fraction of sp³-hybridized carbons (Fsp3) is 0.111. The highest BCUT2D eigenvalue weighted by molar-refractivity contribution is 6.37. The van der Waals surface area contributed by atoms with Gasteiger partial charge in [-0.1, -0.05) is 23.2 Å². The Balaban J connectivity index is 1.74. The summed E-state index contributed by atoms with van der Waals surface area (Å²) in [5, 5.41) is 20.4. The van der Waals surface area contributed by atoms with Crippen LogP contribution in [-0.4, -0.2) is 15.3 Å². The second-order valence-electron chi connectivity index (χ2n) is 5.79. The van der Waals surface area contributed by atoms with Crippen molar-refractivity contribution >= 4 is 29.0 Å². The fourth-order valence-corrected chi connectivity index (χ4v) is 2.89. The second-order valence-corrected chi connectivity index (χ2v) is 6.61. The molecule has 0 unspecified atom stereocenters. The van der Waals surface area contributed by atoms with E-state index >= 15 is 0 Å². The zero-order valence-electron chi connectivity index (χ0n) is 13.9. The van der Waals surface area contributed by atoms with Crippen LogP contribution in [0.5, 0.6) is 5.75 Å². The van der Waals surface area contributed by atoms with Gasteiger partial charge >= 0.3 is 6.18 Å². The first kappa shape index (κ1) is 20.2. The lowest BCUT2D eigenvalue weighted by Crippen LogP contribution is -2.08. The van der Waals surface area contributed by atoms with E-state index in [9.17, 15) is 22.7 Å². The number of aromatic hydroxyl groups is 1. The monoisotopic (exact) mass is 431 g/mol. The third-order valence-electron chi connectivity index (χ3n) is 3.74. The molecule has 2 N–H and O–H groups in total. The zero-order chi connectivity index (χ0) is 20.5. The number of hydrogen-bond acceptors (Lipinski definition) is 4. The minimum Gasteiger partial charge on any atom is -0.505 e. The molecule has 2 aromatic carbocycles. The van der Waals surface area contributed by atoms with Gasteiger partial charge in [0.1, 0.15) is 11.6 Å². The van der Waals surface area contributed by atoms with Crippen molar-refractivity contribution in [2.24, 2.45) is 0 Å². The lowest BCUT2D eigenvalue weighted by Gasteiger charge is -2.11. The fourth-order valence-electron chi connectivity index (χ4n) is 2.40. The van der Waals surface area contributed by atoms with Crippen LogP contribution in [0.15, 0.2) is 42.5 Å². The normalized spacial score (nSPS) is 11.5. The van der Waals surface area contributed by atoms with Crippen molar-refractivity contribution < 1.29 is 22.7 Å². The largest absolute Gasteiger partial charge is 0.505 e. The van der Waals surface area contributed by atoms with Crippen LogP contribution in [0.4, 0.5) is 23.4 Å². The van der Waals surface area contributed by atoms with Gasteiger partial charge in [-0.05, 0) is 48.0 Å². The van der Waals surface area contributed by atoms with Gasteiger partial charge in [0.05, 0.1) is 21.3 Å². The first-order chi connectivity index (χ1) is 13.1. The predicted octanol–water partition coefficient (Wildman–Crippen LogP) is 5.93. The van der Waals surface area contributed by atoms with Gasteiger partial charge in [-0.3, -0.25) is 0 Å². The zero-order valence-corrected chi connectivity index (χ0v) is 15.4. The van der Waals surface area contributed by atoms with Gasteiger partial charge in [-0.15, -0.1) is 10.2 Å². The Morgan fingerprint density at radius 1 is 0.964 bits per heavy atom. The summed E-state index contributed by atoms with van der Waals surface area (Å²) in [4.78, 5) is 0. The Morgan fingerprint density at radius 2 is 1.64 bits per heavy atom. The summed E-state index contributed by atoms with van der Waals surface area (Å²) in [6, 6.07) is 8.35. The van der Waals surface area contributed by atoms with Crippen LogP contribution in [0.1, 0.15) is 11.1 Å². The summed E-state index contributed by atoms with van der Waals surface area (Å²) in [6.45, 7) is -0.0776. The van der Waals surface area contributed by atoms with Crippen LogP contribution < -0.4 is 5.32 Å². The van der Waals surface area contributed by atoms with Crippen LogP contribution in [0, 0.1) is 5.82 Å². The lowest BCUT2D eigenvalue weighted by molar-refractivity contribution is -0.137. The highest BCUT2D eigenvalue weighted by atomic mass is 35.5. The molecular formula is C18H11Cl2F4N3O. The highest BCUT2D eigenvalue weighted by Gasteiger charge is 2.31. The second kappa shape index (κ2) is 7.81. The molecule has 3 rings (SSSR count). The quantitative estimate of drug-likeness (QED) is 0.502. The summed E-state index contributed by atoms with van der Waals surface area (Å²) in [7, 11) is 0. The van der Waals surface area contributed by atoms with Crippen molar-refractivity contribution in [1.29, 1.82) is 0 Å². The standard InChI is InChI=1S/C18H11Cl2F4N3O/c19-13-5-10(6-14(20)17(13)28)15-1-2-16(27-26-15)25-8-9-3-11(18(22,23)24)7-12(21)4-9/h1-7,28H,8H2,(H,25,27). The molecule has 0 fully saturated rings. The van der Waals surface area contributed by atoms with Gasteiger partial charge in [-0.25, -0.2) is 4.39 Å². The maximum Gasteiger partial charge on any atom is 0.416 e. The lowest BCUT2D eigenvalue weighted by atomic mass is 10.1.